The van der Waals surface area contributed by atoms with E-state index < -0.39 is 0 Å². The molecule has 82 valence electrons. The third-order valence-electron chi connectivity index (χ3n) is 1.99. The fourth-order valence-corrected chi connectivity index (χ4v) is 1.82. The molecule has 0 radical (unpaired) electrons. The van der Waals surface area contributed by atoms with Crippen molar-refractivity contribution in [1.82, 2.24) is 9.97 Å². The number of rotatable bonds is 3. The van der Waals surface area contributed by atoms with Gasteiger partial charge in [0.15, 0.2) is 5.15 Å². The second-order valence-electron chi connectivity index (χ2n) is 3.15. The summed E-state index contributed by atoms with van der Waals surface area (Å²) >= 11 is 9.24. The van der Waals surface area contributed by atoms with E-state index in [0.717, 1.165) is 16.0 Å². The molecule has 16 heavy (non-hydrogen) atoms. The SMILES string of the molecule is Clc1ncccc1NCc1cccc(Br)n1. The van der Waals surface area contributed by atoms with Gasteiger partial charge in [-0.25, -0.2) is 9.97 Å². The van der Waals surface area contributed by atoms with E-state index in [1.807, 2.05) is 30.3 Å². The van der Waals surface area contributed by atoms with Gasteiger partial charge in [0.1, 0.15) is 4.60 Å². The Bertz CT molecular complexity index is 490. The first-order valence-electron chi connectivity index (χ1n) is 4.71. The molecule has 0 saturated heterocycles. The van der Waals surface area contributed by atoms with Gasteiger partial charge in [0, 0.05) is 6.20 Å². The summed E-state index contributed by atoms with van der Waals surface area (Å²) in [5.74, 6) is 0. The van der Waals surface area contributed by atoms with Crippen molar-refractivity contribution in [2.45, 2.75) is 6.54 Å². The normalized spacial score (nSPS) is 10.1. The van der Waals surface area contributed by atoms with Crippen LogP contribution in [0.4, 0.5) is 5.69 Å². The van der Waals surface area contributed by atoms with Crippen LogP contribution in [0.3, 0.4) is 0 Å². The number of nitrogens with zero attached hydrogens (tertiary/aromatic N) is 2. The van der Waals surface area contributed by atoms with Gasteiger partial charge >= 0.3 is 0 Å². The highest BCUT2D eigenvalue weighted by Gasteiger charge is 2.00. The van der Waals surface area contributed by atoms with Crippen molar-refractivity contribution < 1.29 is 0 Å². The maximum absolute atomic E-state index is 5.92. The first-order chi connectivity index (χ1) is 7.75. The fraction of sp³-hybridized carbons (Fsp3) is 0.0909. The summed E-state index contributed by atoms with van der Waals surface area (Å²) in [5, 5.41) is 3.65. The van der Waals surface area contributed by atoms with E-state index in [-0.39, 0.29) is 0 Å². The van der Waals surface area contributed by atoms with Crippen molar-refractivity contribution in [3.05, 3.63) is 52.0 Å². The zero-order valence-electron chi connectivity index (χ0n) is 8.32. The van der Waals surface area contributed by atoms with Crippen molar-refractivity contribution in [2.75, 3.05) is 5.32 Å². The van der Waals surface area contributed by atoms with Crippen molar-refractivity contribution in [2.24, 2.45) is 0 Å². The van der Waals surface area contributed by atoms with Gasteiger partial charge in [-0.3, -0.25) is 0 Å². The maximum atomic E-state index is 5.92. The van der Waals surface area contributed by atoms with Gasteiger partial charge in [0.2, 0.25) is 0 Å². The highest BCUT2D eigenvalue weighted by atomic mass is 79.9. The molecule has 3 nitrogen and oxygen atoms in total. The Morgan fingerprint density at radius 3 is 2.88 bits per heavy atom. The van der Waals surface area contributed by atoms with Gasteiger partial charge in [-0.15, -0.1) is 0 Å². The monoisotopic (exact) mass is 297 g/mol. The molecule has 0 unspecified atom stereocenters. The van der Waals surface area contributed by atoms with Crippen molar-refractivity contribution >= 4 is 33.2 Å². The largest absolute Gasteiger partial charge is 0.377 e. The Hall–Kier alpha value is -1.13. The van der Waals surface area contributed by atoms with Crippen LogP contribution in [-0.4, -0.2) is 9.97 Å². The molecule has 0 spiro atoms. The minimum absolute atomic E-state index is 0.470. The molecule has 0 saturated carbocycles. The van der Waals surface area contributed by atoms with Crippen molar-refractivity contribution in [3.8, 4) is 0 Å². The molecular formula is C11H9BrClN3. The van der Waals surface area contributed by atoms with Crippen LogP contribution < -0.4 is 5.32 Å². The lowest BCUT2D eigenvalue weighted by atomic mass is 10.3. The average Bonchev–Trinajstić information content (AvgIpc) is 2.28. The highest BCUT2D eigenvalue weighted by molar-refractivity contribution is 9.10. The van der Waals surface area contributed by atoms with E-state index >= 15 is 0 Å². The standard InChI is InChI=1S/C11H9BrClN3/c12-10-5-1-3-8(16-10)7-15-9-4-2-6-14-11(9)13/h1-6,15H,7H2. The van der Waals surface area contributed by atoms with Crippen LogP contribution in [0.1, 0.15) is 5.69 Å². The number of nitrogens with one attached hydrogen (secondary N) is 1. The van der Waals surface area contributed by atoms with Crippen molar-refractivity contribution in [1.29, 1.82) is 0 Å². The van der Waals surface area contributed by atoms with Crippen LogP contribution >= 0.6 is 27.5 Å². The van der Waals surface area contributed by atoms with Gasteiger partial charge < -0.3 is 5.32 Å². The molecule has 2 heterocycles. The molecule has 2 aromatic rings. The fourth-order valence-electron chi connectivity index (χ4n) is 1.25. The first-order valence-corrected chi connectivity index (χ1v) is 5.88. The molecule has 0 aromatic carbocycles. The minimum atomic E-state index is 0.470. The number of hydrogen-bond donors (Lipinski definition) is 1. The third-order valence-corrected chi connectivity index (χ3v) is 2.73. The molecule has 0 amide bonds. The Balaban J connectivity index is 2.05. The Morgan fingerprint density at radius 1 is 1.25 bits per heavy atom. The molecule has 5 heteroatoms. The molecule has 0 aliphatic rings. The van der Waals surface area contributed by atoms with Crippen LogP contribution in [0, 0.1) is 0 Å². The zero-order valence-corrected chi connectivity index (χ0v) is 10.7. The zero-order chi connectivity index (χ0) is 11.4. The van der Waals surface area contributed by atoms with Gasteiger partial charge in [-0.1, -0.05) is 17.7 Å². The first kappa shape index (κ1) is 11.4. The molecule has 0 fully saturated rings. The lowest BCUT2D eigenvalue weighted by Gasteiger charge is -2.06. The molecule has 2 aromatic heterocycles. The number of halogens is 2. The predicted molar refractivity (Wildman–Crippen MR) is 68.5 cm³/mol. The van der Waals surface area contributed by atoms with E-state index in [0.29, 0.717) is 11.7 Å². The Morgan fingerprint density at radius 2 is 2.12 bits per heavy atom. The summed E-state index contributed by atoms with van der Waals surface area (Å²) in [6.45, 7) is 0.616. The maximum Gasteiger partial charge on any atom is 0.152 e. The van der Waals surface area contributed by atoms with Gasteiger partial charge in [0.25, 0.3) is 0 Å². The van der Waals surface area contributed by atoms with Crippen molar-refractivity contribution in [3.63, 3.8) is 0 Å². The van der Waals surface area contributed by atoms with E-state index in [9.17, 15) is 0 Å². The summed E-state index contributed by atoms with van der Waals surface area (Å²) in [5.41, 5.74) is 1.75. The van der Waals surface area contributed by atoms with Crippen LogP contribution in [0.5, 0.6) is 0 Å². The predicted octanol–water partition coefficient (Wildman–Crippen LogP) is 3.50. The quantitative estimate of drug-likeness (QED) is 0.881. The molecule has 0 aliphatic heterocycles. The van der Waals surface area contributed by atoms with Crippen LogP contribution in [0.25, 0.3) is 0 Å². The molecule has 1 N–H and O–H groups in total. The second-order valence-corrected chi connectivity index (χ2v) is 4.32. The average molecular weight is 299 g/mol. The minimum Gasteiger partial charge on any atom is -0.377 e. The van der Waals surface area contributed by atoms with E-state index in [4.69, 9.17) is 11.6 Å². The van der Waals surface area contributed by atoms with Gasteiger partial charge in [-0.05, 0) is 40.2 Å². The second kappa shape index (κ2) is 5.27. The summed E-state index contributed by atoms with van der Waals surface area (Å²) < 4.78 is 0.823. The Kier molecular flexibility index (Phi) is 3.74. The number of pyridine rings is 2. The number of aromatic nitrogens is 2. The summed E-state index contributed by atoms with van der Waals surface area (Å²) in [6.07, 6.45) is 1.66. The number of hydrogen-bond acceptors (Lipinski definition) is 3. The summed E-state index contributed by atoms with van der Waals surface area (Å²) in [4.78, 5) is 8.29. The third kappa shape index (κ3) is 2.93. The molecule has 0 bridgehead atoms. The molecular weight excluding hydrogens is 289 g/mol. The van der Waals surface area contributed by atoms with E-state index in [1.165, 1.54) is 0 Å². The van der Waals surface area contributed by atoms with Crippen LogP contribution in [-0.2, 0) is 6.54 Å². The molecule has 0 atom stereocenters. The van der Waals surface area contributed by atoms with E-state index in [1.54, 1.807) is 6.20 Å². The lowest BCUT2D eigenvalue weighted by Crippen LogP contribution is -2.02. The molecule has 0 aliphatic carbocycles. The summed E-state index contributed by atoms with van der Waals surface area (Å²) in [6, 6.07) is 9.50. The summed E-state index contributed by atoms with van der Waals surface area (Å²) in [7, 11) is 0. The van der Waals surface area contributed by atoms with Gasteiger partial charge in [-0.2, -0.15) is 0 Å². The van der Waals surface area contributed by atoms with E-state index in [2.05, 4.69) is 31.2 Å². The van der Waals surface area contributed by atoms with Crippen LogP contribution in [0.15, 0.2) is 41.1 Å². The molecule has 2 rings (SSSR count). The smallest absolute Gasteiger partial charge is 0.152 e. The Labute approximate surface area is 107 Å². The highest BCUT2D eigenvalue weighted by Crippen LogP contribution is 2.18. The van der Waals surface area contributed by atoms with Gasteiger partial charge in [0.05, 0.1) is 17.9 Å². The van der Waals surface area contributed by atoms with Crippen LogP contribution in [0.2, 0.25) is 5.15 Å². The lowest BCUT2D eigenvalue weighted by molar-refractivity contribution is 1.03. The number of anilines is 1. The topological polar surface area (TPSA) is 37.8 Å².